The monoisotopic (exact) mass is 314 g/mol. The number of hydrogen-bond acceptors (Lipinski definition) is 3. The number of pyridine rings is 1. The lowest BCUT2D eigenvalue weighted by atomic mass is 9.83. The Kier molecular flexibility index (Phi) is 5.97. The zero-order chi connectivity index (χ0) is 16.7. The summed E-state index contributed by atoms with van der Waals surface area (Å²) < 4.78 is 0. The Balaban J connectivity index is 1.70. The van der Waals surface area contributed by atoms with Crippen molar-refractivity contribution >= 4 is 6.03 Å². The fraction of sp³-hybridized carbons (Fsp3) is 0.611. The first-order valence-electron chi connectivity index (χ1n) is 8.33. The highest BCUT2D eigenvalue weighted by Crippen LogP contribution is 2.27. The van der Waals surface area contributed by atoms with Crippen LogP contribution in [0.3, 0.4) is 0 Å². The minimum absolute atomic E-state index is 0.116. The third kappa shape index (κ3) is 5.24. The quantitative estimate of drug-likeness (QED) is 0.877. The minimum Gasteiger partial charge on any atom is -0.338 e. The molecule has 1 fully saturated rings. The van der Waals surface area contributed by atoms with Crippen LogP contribution >= 0.6 is 0 Å². The van der Waals surface area contributed by atoms with Gasteiger partial charge in [0.05, 0.1) is 6.07 Å². The predicted molar refractivity (Wildman–Crippen MR) is 89.7 cm³/mol. The average molecular weight is 314 g/mol. The fourth-order valence-electron chi connectivity index (χ4n) is 3.00. The second kappa shape index (κ2) is 7.96. The summed E-state index contributed by atoms with van der Waals surface area (Å²) in [5.41, 5.74) is 1.02. The Morgan fingerprint density at radius 1 is 1.26 bits per heavy atom. The Hall–Kier alpha value is -2.09. The van der Waals surface area contributed by atoms with Crippen LogP contribution in [0, 0.1) is 23.2 Å². The first-order chi connectivity index (χ1) is 11.0. The van der Waals surface area contributed by atoms with Gasteiger partial charge in [-0.3, -0.25) is 4.98 Å². The van der Waals surface area contributed by atoms with Crippen LogP contribution in [0.2, 0.25) is 0 Å². The zero-order valence-corrected chi connectivity index (χ0v) is 14.0. The second-order valence-corrected chi connectivity index (χ2v) is 7.03. The van der Waals surface area contributed by atoms with Crippen molar-refractivity contribution in [2.75, 3.05) is 13.1 Å². The standard InChI is InChI=1S/C18H26N4O/c1-18(2,16-7-9-20-10-8-16)13-22-17(23)21-12-15-5-3-14(11-19)4-6-15/h7-10,14-15H,3-6,12-13H2,1-2H3,(H2,21,22,23). The SMILES string of the molecule is CC(C)(CNC(=O)NCC1CCC(C#N)CC1)c1ccncc1. The Morgan fingerprint density at radius 3 is 2.52 bits per heavy atom. The van der Waals surface area contributed by atoms with Gasteiger partial charge in [-0.15, -0.1) is 0 Å². The third-order valence-electron chi connectivity index (χ3n) is 4.73. The number of nitrogens with one attached hydrogen (secondary N) is 2. The highest BCUT2D eigenvalue weighted by molar-refractivity contribution is 5.73. The van der Waals surface area contributed by atoms with Crippen molar-refractivity contribution in [2.24, 2.45) is 11.8 Å². The van der Waals surface area contributed by atoms with E-state index in [9.17, 15) is 4.79 Å². The molecule has 0 bridgehead atoms. The fourth-order valence-corrected chi connectivity index (χ4v) is 3.00. The van der Waals surface area contributed by atoms with Gasteiger partial charge >= 0.3 is 6.03 Å². The van der Waals surface area contributed by atoms with Gasteiger partial charge in [-0.05, 0) is 49.3 Å². The smallest absolute Gasteiger partial charge is 0.314 e. The molecular weight excluding hydrogens is 288 g/mol. The molecule has 0 unspecified atom stereocenters. The summed E-state index contributed by atoms with van der Waals surface area (Å²) >= 11 is 0. The molecule has 124 valence electrons. The van der Waals surface area contributed by atoms with E-state index in [1.807, 2.05) is 12.1 Å². The highest BCUT2D eigenvalue weighted by Gasteiger charge is 2.23. The van der Waals surface area contributed by atoms with Crippen molar-refractivity contribution in [3.63, 3.8) is 0 Å². The predicted octanol–water partition coefficient (Wildman–Crippen LogP) is 2.99. The van der Waals surface area contributed by atoms with Gasteiger partial charge < -0.3 is 10.6 Å². The Bertz CT molecular complexity index is 542. The maximum Gasteiger partial charge on any atom is 0.314 e. The molecule has 1 saturated carbocycles. The number of aromatic nitrogens is 1. The van der Waals surface area contributed by atoms with Crippen molar-refractivity contribution in [3.8, 4) is 6.07 Å². The summed E-state index contributed by atoms with van der Waals surface area (Å²) in [5, 5.41) is 14.8. The molecule has 1 aromatic heterocycles. The Labute approximate surface area is 138 Å². The molecule has 5 nitrogen and oxygen atoms in total. The molecule has 2 rings (SSSR count). The lowest BCUT2D eigenvalue weighted by Gasteiger charge is -2.27. The third-order valence-corrected chi connectivity index (χ3v) is 4.73. The highest BCUT2D eigenvalue weighted by atomic mass is 16.2. The van der Waals surface area contributed by atoms with Crippen LogP contribution in [0.1, 0.15) is 45.1 Å². The summed E-state index contributed by atoms with van der Waals surface area (Å²) in [6.07, 6.45) is 7.52. The largest absolute Gasteiger partial charge is 0.338 e. The summed E-state index contributed by atoms with van der Waals surface area (Å²) in [4.78, 5) is 16.0. The average Bonchev–Trinajstić information content (AvgIpc) is 2.59. The van der Waals surface area contributed by atoms with Crippen LogP contribution < -0.4 is 10.6 Å². The number of rotatable bonds is 5. The summed E-state index contributed by atoms with van der Waals surface area (Å²) in [6.45, 7) is 5.47. The molecule has 1 aromatic rings. The molecule has 1 aliphatic carbocycles. The van der Waals surface area contributed by atoms with Crippen LogP contribution in [-0.2, 0) is 5.41 Å². The van der Waals surface area contributed by atoms with Gasteiger partial charge in [0, 0.05) is 36.8 Å². The first-order valence-corrected chi connectivity index (χ1v) is 8.33. The van der Waals surface area contributed by atoms with E-state index >= 15 is 0 Å². The number of nitriles is 1. The van der Waals surface area contributed by atoms with E-state index in [4.69, 9.17) is 5.26 Å². The lowest BCUT2D eigenvalue weighted by molar-refractivity contribution is 0.232. The van der Waals surface area contributed by atoms with Crippen LogP contribution in [0.15, 0.2) is 24.5 Å². The van der Waals surface area contributed by atoms with E-state index in [0.29, 0.717) is 19.0 Å². The maximum atomic E-state index is 12.0. The molecule has 0 spiro atoms. The van der Waals surface area contributed by atoms with Crippen LogP contribution in [0.25, 0.3) is 0 Å². The minimum atomic E-state index is -0.134. The first kappa shape index (κ1) is 17.3. The van der Waals surface area contributed by atoms with E-state index < -0.39 is 0 Å². The van der Waals surface area contributed by atoms with Gasteiger partial charge in [0.25, 0.3) is 0 Å². The molecule has 5 heteroatoms. The second-order valence-electron chi connectivity index (χ2n) is 7.03. The molecular formula is C18H26N4O. The Morgan fingerprint density at radius 2 is 1.91 bits per heavy atom. The van der Waals surface area contributed by atoms with Gasteiger partial charge in [-0.25, -0.2) is 4.79 Å². The molecule has 0 aromatic carbocycles. The number of carbonyl (C=O) groups is 1. The van der Waals surface area contributed by atoms with Crippen molar-refractivity contribution in [1.82, 2.24) is 15.6 Å². The normalized spacial score (nSPS) is 21.3. The van der Waals surface area contributed by atoms with Gasteiger partial charge in [-0.1, -0.05) is 13.8 Å². The molecule has 2 amide bonds. The van der Waals surface area contributed by atoms with Gasteiger partial charge in [0.15, 0.2) is 0 Å². The molecule has 0 radical (unpaired) electrons. The number of hydrogen-bond donors (Lipinski definition) is 2. The van der Waals surface area contributed by atoms with Crippen molar-refractivity contribution in [1.29, 1.82) is 5.26 Å². The van der Waals surface area contributed by atoms with Crippen molar-refractivity contribution in [2.45, 2.75) is 44.9 Å². The summed E-state index contributed by atoms with van der Waals surface area (Å²) in [7, 11) is 0. The van der Waals surface area contributed by atoms with E-state index in [-0.39, 0.29) is 17.4 Å². The summed E-state index contributed by atoms with van der Waals surface area (Å²) in [6, 6.07) is 6.18. The van der Waals surface area contributed by atoms with Gasteiger partial charge in [0.2, 0.25) is 0 Å². The van der Waals surface area contributed by atoms with E-state index in [1.165, 1.54) is 0 Å². The van der Waals surface area contributed by atoms with E-state index in [0.717, 1.165) is 31.2 Å². The van der Waals surface area contributed by atoms with E-state index in [2.05, 4.69) is 35.5 Å². The van der Waals surface area contributed by atoms with Crippen molar-refractivity contribution < 1.29 is 4.79 Å². The van der Waals surface area contributed by atoms with Crippen molar-refractivity contribution in [3.05, 3.63) is 30.1 Å². The zero-order valence-electron chi connectivity index (χ0n) is 14.0. The molecule has 23 heavy (non-hydrogen) atoms. The van der Waals surface area contributed by atoms with Crippen LogP contribution in [0.5, 0.6) is 0 Å². The molecule has 1 heterocycles. The molecule has 0 atom stereocenters. The topological polar surface area (TPSA) is 77.8 Å². The van der Waals surface area contributed by atoms with Gasteiger partial charge in [-0.2, -0.15) is 5.26 Å². The maximum absolute atomic E-state index is 12.0. The number of nitrogens with zero attached hydrogens (tertiary/aromatic N) is 2. The molecule has 2 N–H and O–H groups in total. The summed E-state index contributed by atoms with van der Waals surface area (Å²) in [5.74, 6) is 0.708. The number of carbonyl (C=O) groups excluding carboxylic acids is 1. The van der Waals surface area contributed by atoms with E-state index in [1.54, 1.807) is 12.4 Å². The molecule has 0 aliphatic heterocycles. The number of urea groups is 1. The molecule has 1 aliphatic rings. The molecule has 0 saturated heterocycles. The number of amides is 2. The van der Waals surface area contributed by atoms with Crippen LogP contribution in [0.4, 0.5) is 4.79 Å². The van der Waals surface area contributed by atoms with Gasteiger partial charge in [0.1, 0.15) is 0 Å². The van der Waals surface area contributed by atoms with Crippen LogP contribution in [-0.4, -0.2) is 24.1 Å². The lowest BCUT2D eigenvalue weighted by Crippen LogP contribution is -2.44.